The molecule has 1 aromatic heterocycles. The first-order valence-corrected chi connectivity index (χ1v) is 9.04. The number of hydrogen-bond donors (Lipinski definition) is 2. The highest BCUT2D eigenvalue weighted by molar-refractivity contribution is 7.87. The Kier molecular flexibility index (Phi) is 5.14. The molecule has 8 heteroatoms. The Labute approximate surface area is 124 Å². The largest absolute Gasteiger partial charge is 0.396 e. The van der Waals surface area contributed by atoms with E-state index in [-0.39, 0.29) is 18.6 Å². The second kappa shape index (κ2) is 6.48. The maximum atomic E-state index is 12.3. The minimum absolute atomic E-state index is 0.135. The molecule has 2 rings (SSSR count). The second-order valence-corrected chi connectivity index (χ2v) is 7.79. The normalized spacial score (nSPS) is 20.1. The molecule has 0 saturated carbocycles. The fourth-order valence-electron chi connectivity index (χ4n) is 2.25. The average Bonchev–Trinajstić information content (AvgIpc) is 2.85. The van der Waals surface area contributed by atoms with Crippen LogP contribution in [0.2, 0.25) is 0 Å². The van der Waals surface area contributed by atoms with Crippen LogP contribution in [0.4, 0.5) is 0 Å². The van der Waals surface area contributed by atoms with E-state index in [2.05, 4.69) is 9.71 Å². The number of nitrogens with zero attached hydrogens (tertiary/aromatic N) is 2. The van der Waals surface area contributed by atoms with Crippen molar-refractivity contribution in [2.45, 2.75) is 32.7 Å². The van der Waals surface area contributed by atoms with E-state index >= 15 is 0 Å². The molecule has 0 amide bonds. The summed E-state index contributed by atoms with van der Waals surface area (Å²) in [5, 5.41) is 11.8. The van der Waals surface area contributed by atoms with Crippen molar-refractivity contribution in [3.63, 3.8) is 0 Å². The van der Waals surface area contributed by atoms with Crippen molar-refractivity contribution in [1.82, 2.24) is 14.0 Å². The van der Waals surface area contributed by atoms with E-state index in [0.717, 1.165) is 10.7 Å². The third kappa shape index (κ3) is 3.76. The number of hydrogen-bond acceptors (Lipinski definition) is 5. The first-order valence-electron chi connectivity index (χ1n) is 6.72. The highest BCUT2D eigenvalue weighted by atomic mass is 32.2. The van der Waals surface area contributed by atoms with Gasteiger partial charge < -0.3 is 5.11 Å². The standard InChI is InChI=1S/C12H21N3O3S2/c1-9-8-19-12(13-9)10(2)14-20(17,18)15-5-3-11(7-16)4-6-15/h8,10-11,14,16H,3-7H2,1-2H3. The van der Waals surface area contributed by atoms with Gasteiger partial charge in [-0.25, -0.2) is 4.98 Å². The van der Waals surface area contributed by atoms with Crippen LogP contribution in [0, 0.1) is 12.8 Å². The van der Waals surface area contributed by atoms with Gasteiger partial charge in [-0.3, -0.25) is 0 Å². The zero-order valence-electron chi connectivity index (χ0n) is 11.7. The molecule has 0 aliphatic carbocycles. The van der Waals surface area contributed by atoms with E-state index in [4.69, 9.17) is 5.11 Å². The van der Waals surface area contributed by atoms with Crippen molar-refractivity contribution in [1.29, 1.82) is 0 Å². The molecule has 0 spiro atoms. The minimum Gasteiger partial charge on any atom is -0.396 e. The van der Waals surface area contributed by atoms with Crippen LogP contribution in [-0.4, -0.2) is 42.5 Å². The highest BCUT2D eigenvalue weighted by Gasteiger charge is 2.29. The summed E-state index contributed by atoms with van der Waals surface area (Å²) in [4.78, 5) is 4.31. The van der Waals surface area contributed by atoms with E-state index in [1.54, 1.807) is 6.92 Å². The molecule has 0 radical (unpaired) electrons. The van der Waals surface area contributed by atoms with Crippen molar-refractivity contribution in [3.05, 3.63) is 16.1 Å². The van der Waals surface area contributed by atoms with Crippen LogP contribution in [-0.2, 0) is 10.2 Å². The van der Waals surface area contributed by atoms with E-state index in [0.29, 0.717) is 25.9 Å². The summed E-state index contributed by atoms with van der Waals surface area (Å²) < 4.78 is 28.7. The highest BCUT2D eigenvalue weighted by Crippen LogP contribution is 2.22. The predicted molar refractivity (Wildman–Crippen MR) is 78.7 cm³/mol. The summed E-state index contributed by atoms with van der Waals surface area (Å²) in [7, 11) is -3.48. The minimum atomic E-state index is -3.48. The first kappa shape index (κ1) is 15.8. The predicted octanol–water partition coefficient (Wildman–Crippen LogP) is 1.05. The zero-order chi connectivity index (χ0) is 14.8. The van der Waals surface area contributed by atoms with Crippen molar-refractivity contribution >= 4 is 21.5 Å². The van der Waals surface area contributed by atoms with Crippen molar-refractivity contribution in [2.24, 2.45) is 5.92 Å². The van der Waals surface area contributed by atoms with Gasteiger partial charge in [-0.1, -0.05) is 0 Å². The number of nitrogens with one attached hydrogen (secondary N) is 1. The van der Waals surface area contributed by atoms with Gasteiger partial charge in [-0.2, -0.15) is 17.4 Å². The molecule has 1 aliphatic rings. The smallest absolute Gasteiger partial charge is 0.280 e. The molecule has 2 heterocycles. The molecule has 1 atom stereocenters. The summed E-state index contributed by atoms with van der Waals surface area (Å²) in [6, 6.07) is -0.325. The van der Waals surface area contributed by atoms with E-state index in [1.807, 2.05) is 12.3 Å². The second-order valence-electron chi connectivity index (χ2n) is 5.20. The number of rotatable bonds is 5. The van der Waals surface area contributed by atoms with E-state index < -0.39 is 10.2 Å². The molecule has 6 nitrogen and oxygen atoms in total. The number of piperidine rings is 1. The Balaban J connectivity index is 1.97. The van der Waals surface area contributed by atoms with Crippen LogP contribution in [0.25, 0.3) is 0 Å². The molecule has 114 valence electrons. The van der Waals surface area contributed by atoms with Crippen LogP contribution in [0.3, 0.4) is 0 Å². The van der Waals surface area contributed by atoms with Crippen LogP contribution < -0.4 is 4.72 Å². The lowest BCUT2D eigenvalue weighted by Gasteiger charge is -2.31. The molecule has 1 unspecified atom stereocenters. The topological polar surface area (TPSA) is 82.5 Å². The number of aryl methyl sites for hydroxylation is 1. The quantitative estimate of drug-likeness (QED) is 0.850. The van der Waals surface area contributed by atoms with Crippen LogP contribution in [0.1, 0.15) is 36.5 Å². The van der Waals surface area contributed by atoms with Gasteiger partial charge in [0.05, 0.1) is 6.04 Å². The lowest BCUT2D eigenvalue weighted by molar-refractivity contribution is 0.169. The Morgan fingerprint density at radius 1 is 1.55 bits per heavy atom. The summed E-state index contributed by atoms with van der Waals surface area (Å²) in [6.45, 7) is 4.75. The van der Waals surface area contributed by atoms with Gasteiger partial charge in [0, 0.05) is 30.8 Å². The van der Waals surface area contributed by atoms with Gasteiger partial charge in [0.15, 0.2) is 0 Å². The fraction of sp³-hybridized carbons (Fsp3) is 0.750. The molecular weight excluding hydrogens is 298 g/mol. The molecular formula is C12H21N3O3S2. The monoisotopic (exact) mass is 319 g/mol. The average molecular weight is 319 g/mol. The zero-order valence-corrected chi connectivity index (χ0v) is 13.4. The molecule has 1 saturated heterocycles. The number of thiazole rings is 1. The third-order valence-corrected chi connectivity index (χ3v) is 6.35. The molecule has 0 bridgehead atoms. The third-order valence-electron chi connectivity index (χ3n) is 3.50. The van der Waals surface area contributed by atoms with Crippen molar-refractivity contribution in [2.75, 3.05) is 19.7 Å². The Morgan fingerprint density at radius 3 is 2.70 bits per heavy atom. The van der Waals surface area contributed by atoms with Crippen LogP contribution in [0.5, 0.6) is 0 Å². The van der Waals surface area contributed by atoms with Gasteiger partial charge in [0.25, 0.3) is 10.2 Å². The van der Waals surface area contributed by atoms with Crippen LogP contribution >= 0.6 is 11.3 Å². The first-order chi connectivity index (χ1) is 9.42. The van der Waals surface area contributed by atoms with Crippen LogP contribution in [0.15, 0.2) is 5.38 Å². The van der Waals surface area contributed by atoms with E-state index in [9.17, 15) is 8.42 Å². The van der Waals surface area contributed by atoms with Gasteiger partial charge in [0.1, 0.15) is 5.01 Å². The molecule has 1 aromatic rings. The molecule has 2 N–H and O–H groups in total. The van der Waals surface area contributed by atoms with Gasteiger partial charge in [0.2, 0.25) is 0 Å². The maximum Gasteiger partial charge on any atom is 0.280 e. The Hall–Kier alpha value is -0.540. The fourth-order valence-corrected chi connectivity index (χ4v) is 4.53. The van der Waals surface area contributed by atoms with Gasteiger partial charge in [-0.15, -0.1) is 11.3 Å². The molecule has 1 fully saturated rings. The molecule has 0 aromatic carbocycles. The maximum absolute atomic E-state index is 12.3. The SMILES string of the molecule is Cc1csc(C(C)NS(=O)(=O)N2CCC(CO)CC2)n1. The summed E-state index contributed by atoms with van der Waals surface area (Å²) in [6.07, 6.45) is 1.42. The number of aliphatic hydroxyl groups is 1. The van der Waals surface area contributed by atoms with Crippen molar-refractivity contribution < 1.29 is 13.5 Å². The number of aliphatic hydroxyl groups excluding tert-OH is 1. The summed E-state index contributed by atoms with van der Waals surface area (Å²) >= 11 is 1.46. The molecule has 20 heavy (non-hydrogen) atoms. The Morgan fingerprint density at radius 2 is 2.20 bits per heavy atom. The summed E-state index contributed by atoms with van der Waals surface area (Å²) in [5.41, 5.74) is 0.903. The lowest BCUT2D eigenvalue weighted by atomic mass is 10.00. The Bertz CT molecular complexity index is 536. The number of aromatic nitrogens is 1. The van der Waals surface area contributed by atoms with Gasteiger partial charge in [-0.05, 0) is 32.6 Å². The van der Waals surface area contributed by atoms with Crippen molar-refractivity contribution in [3.8, 4) is 0 Å². The van der Waals surface area contributed by atoms with E-state index in [1.165, 1.54) is 15.6 Å². The lowest BCUT2D eigenvalue weighted by Crippen LogP contribution is -2.46. The summed E-state index contributed by atoms with van der Waals surface area (Å²) in [5.74, 6) is 0.223. The molecule has 1 aliphatic heterocycles. The van der Waals surface area contributed by atoms with Gasteiger partial charge >= 0.3 is 0 Å².